The summed E-state index contributed by atoms with van der Waals surface area (Å²) in [4.78, 5) is 4.62. The van der Waals surface area contributed by atoms with E-state index in [1.807, 2.05) is 48.3 Å². The molecule has 22 heavy (non-hydrogen) atoms. The van der Waals surface area contributed by atoms with Crippen molar-refractivity contribution in [3.05, 3.63) is 59.3 Å². The van der Waals surface area contributed by atoms with E-state index in [4.69, 9.17) is 0 Å². The molecule has 3 rings (SSSR count). The van der Waals surface area contributed by atoms with Crippen LogP contribution in [0, 0.1) is 6.92 Å². The van der Waals surface area contributed by atoms with Crippen molar-refractivity contribution in [3.8, 4) is 0 Å². The van der Waals surface area contributed by atoms with Gasteiger partial charge in [-0.1, -0.05) is 49.6 Å². The molecule has 1 aromatic heterocycles. The van der Waals surface area contributed by atoms with Gasteiger partial charge in [0, 0.05) is 17.0 Å². The van der Waals surface area contributed by atoms with E-state index in [1.54, 1.807) is 0 Å². The van der Waals surface area contributed by atoms with Crippen LogP contribution in [0.25, 0.3) is 0 Å². The van der Waals surface area contributed by atoms with E-state index in [0.717, 1.165) is 16.2 Å². The molecule has 0 saturated heterocycles. The van der Waals surface area contributed by atoms with Crippen LogP contribution in [-0.2, 0) is 0 Å². The number of pyridine rings is 1. The number of aliphatic hydroxyl groups is 1. The van der Waals surface area contributed by atoms with Crippen LogP contribution >= 0.6 is 11.8 Å². The number of benzene rings is 1. The molecule has 1 aromatic carbocycles. The number of hydrogen-bond donors (Lipinski definition) is 1. The molecular formula is C19H23NOS. The summed E-state index contributed by atoms with van der Waals surface area (Å²) in [5, 5.41) is 12.3. The predicted octanol–water partition coefficient (Wildman–Crippen LogP) is 4.90. The number of hydrogen-bond acceptors (Lipinski definition) is 3. The van der Waals surface area contributed by atoms with Crippen LogP contribution in [0.1, 0.15) is 54.9 Å². The largest absolute Gasteiger partial charge is 0.384 e. The van der Waals surface area contributed by atoms with Gasteiger partial charge in [0.25, 0.3) is 0 Å². The van der Waals surface area contributed by atoms with Crippen molar-refractivity contribution < 1.29 is 5.11 Å². The molecule has 1 aliphatic rings. The second-order valence-corrected chi connectivity index (χ2v) is 7.37. The summed E-state index contributed by atoms with van der Waals surface area (Å²) in [6.45, 7) is 2.10. The van der Waals surface area contributed by atoms with Crippen LogP contribution in [0.2, 0.25) is 0 Å². The monoisotopic (exact) mass is 313 g/mol. The Morgan fingerprint density at radius 1 is 1.09 bits per heavy atom. The molecular weight excluding hydrogens is 290 g/mol. The molecule has 0 spiro atoms. The minimum absolute atomic E-state index is 0.596. The van der Waals surface area contributed by atoms with Gasteiger partial charge in [0.2, 0.25) is 0 Å². The minimum atomic E-state index is -0.596. The van der Waals surface area contributed by atoms with Gasteiger partial charge in [0.05, 0.1) is 5.03 Å². The smallest absolute Gasteiger partial charge is 0.106 e. The highest BCUT2D eigenvalue weighted by atomic mass is 32.2. The van der Waals surface area contributed by atoms with Crippen LogP contribution in [0.15, 0.2) is 47.6 Å². The minimum Gasteiger partial charge on any atom is -0.384 e. The lowest BCUT2D eigenvalue weighted by Gasteiger charge is -2.21. The van der Waals surface area contributed by atoms with Gasteiger partial charge in [0.1, 0.15) is 6.10 Å². The zero-order chi connectivity index (χ0) is 15.4. The maximum Gasteiger partial charge on any atom is 0.106 e. The van der Waals surface area contributed by atoms with Crippen molar-refractivity contribution in [2.75, 3.05) is 0 Å². The summed E-state index contributed by atoms with van der Waals surface area (Å²) >= 11 is 1.91. The second kappa shape index (κ2) is 7.30. The van der Waals surface area contributed by atoms with Crippen molar-refractivity contribution in [2.24, 2.45) is 0 Å². The predicted molar refractivity (Wildman–Crippen MR) is 92.2 cm³/mol. The highest BCUT2D eigenvalue weighted by Crippen LogP contribution is 2.35. The lowest BCUT2D eigenvalue weighted by Crippen LogP contribution is -2.09. The first-order valence-electron chi connectivity index (χ1n) is 8.10. The highest BCUT2D eigenvalue weighted by molar-refractivity contribution is 7.99. The van der Waals surface area contributed by atoms with Crippen LogP contribution < -0.4 is 0 Å². The Morgan fingerprint density at radius 2 is 1.82 bits per heavy atom. The Balaban J connectivity index is 1.74. The zero-order valence-corrected chi connectivity index (χ0v) is 13.9. The molecule has 0 aliphatic heterocycles. The van der Waals surface area contributed by atoms with E-state index in [2.05, 4.69) is 18.0 Å². The Morgan fingerprint density at radius 3 is 2.50 bits per heavy atom. The molecule has 1 fully saturated rings. The fourth-order valence-electron chi connectivity index (χ4n) is 3.03. The molecule has 116 valence electrons. The lowest BCUT2D eigenvalue weighted by atomic mass is 10.0. The second-order valence-electron chi connectivity index (χ2n) is 6.08. The molecule has 2 nitrogen and oxygen atoms in total. The number of aliphatic hydroxyl groups excluding tert-OH is 1. The number of thioether (sulfide) groups is 1. The van der Waals surface area contributed by atoms with E-state index in [-0.39, 0.29) is 0 Å². The van der Waals surface area contributed by atoms with Gasteiger partial charge in [-0.2, -0.15) is 0 Å². The summed E-state index contributed by atoms with van der Waals surface area (Å²) in [7, 11) is 0. The van der Waals surface area contributed by atoms with Gasteiger partial charge in [-0.05, 0) is 37.0 Å². The van der Waals surface area contributed by atoms with Crippen LogP contribution in [-0.4, -0.2) is 15.3 Å². The Hall–Kier alpha value is -1.32. The summed E-state index contributed by atoms with van der Waals surface area (Å²) in [6.07, 6.45) is 7.92. The van der Waals surface area contributed by atoms with Gasteiger partial charge in [0.15, 0.2) is 0 Å². The van der Waals surface area contributed by atoms with Crippen molar-refractivity contribution >= 4 is 11.8 Å². The van der Waals surface area contributed by atoms with E-state index in [0.29, 0.717) is 5.25 Å². The number of rotatable bonds is 4. The summed E-state index contributed by atoms with van der Waals surface area (Å²) < 4.78 is 0. The topological polar surface area (TPSA) is 33.1 Å². The normalized spacial score (nSPS) is 17.4. The molecule has 1 N–H and O–H groups in total. The van der Waals surface area contributed by atoms with Crippen molar-refractivity contribution in [1.29, 1.82) is 0 Å². The molecule has 0 amide bonds. The fourth-order valence-corrected chi connectivity index (χ4v) is 4.27. The summed E-state index contributed by atoms with van der Waals surface area (Å²) in [6, 6.07) is 11.8. The zero-order valence-electron chi connectivity index (χ0n) is 13.0. The molecule has 3 heteroatoms. The first kappa shape index (κ1) is 15.6. The molecule has 2 aromatic rings. The van der Waals surface area contributed by atoms with Crippen LogP contribution in [0.5, 0.6) is 0 Å². The number of aromatic nitrogens is 1. The van der Waals surface area contributed by atoms with Gasteiger partial charge >= 0.3 is 0 Å². The first-order chi connectivity index (χ1) is 10.7. The van der Waals surface area contributed by atoms with Gasteiger partial charge < -0.3 is 5.11 Å². The van der Waals surface area contributed by atoms with E-state index in [9.17, 15) is 5.11 Å². The van der Waals surface area contributed by atoms with Crippen LogP contribution in [0.3, 0.4) is 0 Å². The standard InChI is InChI=1S/C19H23NOS/c1-14-12-16(18(21)15-8-4-2-5-9-15)13-20-19(14)22-17-10-6-3-7-11-17/h2,4-5,8-9,12-13,17-18,21H,3,6-7,10-11H2,1H3/t18-/m1/s1. The average Bonchev–Trinajstić information content (AvgIpc) is 2.58. The molecule has 0 bridgehead atoms. The highest BCUT2D eigenvalue weighted by Gasteiger charge is 2.17. The molecule has 1 saturated carbocycles. The third kappa shape index (κ3) is 3.71. The first-order valence-corrected chi connectivity index (χ1v) is 8.98. The van der Waals surface area contributed by atoms with Gasteiger partial charge in [-0.25, -0.2) is 4.98 Å². The van der Waals surface area contributed by atoms with Gasteiger partial charge in [-0.15, -0.1) is 11.8 Å². The van der Waals surface area contributed by atoms with E-state index < -0.39 is 6.10 Å². The van der Waals surface area contributed by atoms with Crippen LogP contribution in [0.4, 0.5) is 0 Å². The Kier molecular flexibility index (Phi) is 5.16. The molecule has 0 radical (unpaired) electrons. The Labute approximate surface area is 137 Å². The lowest BCUT2D eigenvalue weighted by molar-refractivity contribution is 0.219. The summed E-state index contributed by atoms with van der Waals surface area (Å²) in [5.74, 6) is 0. The van der Waals surface area contributed by atoms with Crippen molar-refractivity contribution in [3.63, 3.8) is 0 Å². The molecule has 0 unspecified atom stereocenters. The summed E-state index contributed by atoms with van der Waals surface area (Å²) in [5.41, 5.74) is 2.95. The number of aryl methyl sites for hydroxylation is 1. The van der Waals surface area contributed by atoms with Crippen molar-refractivity contribution in [1.82, 2.24) is 4.98 Å². The number of nitrogens with zero attached hydrogens (tertiary/aromatic N) is 1. The maximum absolute atomic E-state index is 10.5. The molecule has 1 atom stereocenters. The molecule has 1 heterocycles. The SMILES string of the molecule is Cc1cc([C@H](O)c2ccccc2)cnc1SC1CCCCC1. The average molecular weight is 313 g/mol. The van der Waals surface area contributed by atoms with E-state index in [1.165, 1.54) is 37.7 Å². The van der Waals surface area contributed by atoms with Gasteiger partial charge in [-0.3, -0.25) is 0 Å². The fraction of sp³-hybridized carbons (Fsp3) is 0.421. The third-order valence-electron chi connectivity index (χ3n) is 4.31. The maximum atomic E-state index is 10.5. The quantitative estimate of drug-likeness (QED) is 0.872. The van der Waals surface area contributed by atoms with Crippen molar-refractivity contribution in [2.45, 2.75) is 55.4 Å². The van der Waals surface area contributed by atoms with E-state index >= 15 is 0 Å². The Bertz CT molecular complexity index is 608. The third-order valence-corrected chi connectivity index (χ3v) is 5.77. The molecule has 1 aliphatic carbocycles.